The van der Waals surface area contributed by atoms with Gasteiger partial charge in [0.05, 0.1) is 13.1 Å². The molecule has 0 fully saturated rings. The molecule has 2 aromatic rings. The van der Waals surface area contributed by atoms with E-state index in [1.165, 1.54) is 0 Å². The highest BCUT2D eigenvalue weighted by atomic mass is 35.5. The zero-order chi connectivity index (χ0) is 16.9. The van der Waals surface area contributed by atoms with Crippen LogP contribution in [0, 0.1) is 0 Å². The summed E-state index contributed by atoms with van der Waals surface area (Å²) in [5.74, 6) is 1.44. The molecule has 0 spiro atoms. The monoisotopic (exact) mass is 334 g/mol. The van der Waals surface area contributed by atoms with Crippen LogP contribution in [0.1, 0.15) is 33.0 Å². The van der Waals surface area contributed by atoms with Crippen molar-refractivity contribution >= 4 is 17.5 Å². The van der Waals surface area contributed by atoms with Crippen LogP contribution in [0.4, 0.5) is 0 Å². The van der Waals surface area contributed by atoms with E-state index in [1.807, 2.05) is 36.4 Å². The Kier molecular flexibility index (Phi) is 5.85. The molecular formula is C18H23ClN2O2. The second-order valence-electron chi connectivity index (χ2n) is 6.14. The van der Waals surface area contributed by atoms with Crippen molar-refractivity contribution in [2.24, 2.45) is 0 Å². The third kappa shape index (κ3) is 5.41. The lowest BCUT2D eigenvalue weighted by Gasteiger charge is -2.24. The molecule has 0 unspecified atom stereocenters. The zero-order valence-corrected chi connectivity index (χ0v) is 14.5. The summed E-state index contributed by atoms with van der Waals surface area (Å²) in [7, 11) is 0. The first-order valence-corrected chi connectivity index (χ1v) is 8.14. The minimum atomic E-state index is -0.0454. The molecule has 0 radical (unpaired) electrons. The number of hydrogen-bond donors (Lipinski definition) is 2. The van der Waals surface area contributed by atoms with Crippen molar-refractivity contribution in [2.75, 3.05) is 6.54 Å². The lowest BCUT2D eigenvalue weighted by molar-refractivity contribution is -0.120. The number of furan rings is 1. The highest BCUT2D eigenvalue weighted by Crippen LogP contribution is 2.23. The van der Waals surface area contributed by atoms with Crippen LogP contribution in [0.15, 0.2) is 40.8 Å². The number of benzene rings is 1. The molecule has 0 bridgehead atoms. The van der Waals surface area contributed by atoms with Crippen LogP contribution in [0.25, 0.3) is 11.3 Å². The SMILES string of the molecule is CCC(C)(C)NCC(=O)NCc1ccc(-c2ccc(Cl)cc2)o1. The van der Waals surface area contributed by atoms with E-state index in [9.17, 15) is 4.79 Å². The fourth-order valence-electron chi connectivity index (χ4n) is 1.93. The van der Waals surface area contributed by atoms with Gasteiger partial charge in [0, 0.05) is 16.1 Å². The molecule has 1 aromatic carbocycles. The van der Waals surface area contributed by atoms with Gasteiger partial charge in [-0.05, 0) is 56.7 Å². The number of carbonyl (C=O) groups is 1. The summed E-state index contributed by atoms with van der Waals surface area (Å²) in [6.07, 6.45) is 0.961. The van der Waals surface area contributed by atoms with Gasteiger partial charge in [-0.2, -0.15) is 0 Å². The van der Waals surface area contributed by atoms with Crippen LogP contribution in [-0.4, -0.2) is 18.0 Å². The van der Waals surface area contributed by atoms with E-state index in [0.717, 1.165) is 23.5 Å². The van der Waals surface area contributed by atoms with Gasteiger partial charge in [0.2, 0.25) is 5.91 Å². The second kappa shape index (κ2) is 7.66. The number of rotatable bonds is 7. The molecule has 0 aliphatic carbocycles. The van der Waals surface area contributed by atoms with Crippen LogP contribution < -0.4 is 10.6 Å². The van der Waals surface area contributed by atoms with E-state index in [0.29, 0.717) is 18.1 Å². The van der Waals surface area contributed by atoms with Crippen LogP contribution >= 0.6 is 11.6 Å². The number of nitrogens with one attached hydrogen (secondary N) is 2. The van der Waals surface area contributed by atoms with Crippen molar-refractivity contribution < 1.29 is 9.21 Å². The third-order valence-corrected chi connectivity index (χ3v) is 4.11. The molecule has 0 aliphatic heterocycles. The van der Waals surface area contributed by atoms with E-state index < -0.39 is 0 Å². The first kappa shape index (κ1) is 17.6. The topological polar surface area (TPSA) is 54.3 Å². The molecule has 1 heterocycles. The molecule has 124 valence electrons. The van der Waals surface area contributed by atoms with Crippen molar-refractivity contribution in [1.82, 2.24) is 10.6 Å². The first-order valence-electron chi connectivity index (χ1n) is 7.76. The average molecular weight is 335 g/mol. The Morgan fingerprint density at radius 2 is 1.87 bits per heavy atom. The molecular weight excluding hydrogens is 312 g/mol. The predicted molar refractivity (Wildman–Crippen MR) is 93.4 cm³/mol. The highest BCUT2D eigenvalue weighted by molar-refractivity contribution is 6.30. The maximum absolute atomic E-state index is 11.9. The molecule has 4 nitrogen and oxygen atoms in total. The van der Waals surface area contributed by atoms with Crippen LogP contribution in [0.5, 0.6) is 0 Å². The Labute approximate surface area is 142 Å². The quantitative estimate of drug-likeness (QED) is 0.804. The molecule has 0 saturated carbocycles. The normalized spacial score (nSPS) is 11.5. The van der Waals surface area contributed by atoms with Crippen LogP contribution in [-0.2, 0) is 11.3 Å². The summed E-state index contributed by atoms with van der Waals surface area (Å²) in [4.78, 5) is 11.9. The van der Waals surface area contributed by atoms with Crippen LogP contribution in [0.2, 0.25) is 5.02 Å². The second-order valence-corrected chi connectivity index (χ2v) is 6.58. The van der Waals surface area contributed by atoms with Crippen molar-refractivity contribution in [3.05, 3.63) is 47.2 Å². The van der Waals surface area contributed by atoms with Crippen molar-refractivity contribution in [2.45, 2.75) is 39.3 Å². The summed E-state index contributed by atoms with van der Waals surface area (Å²) in [5.41, 5.74) is 0.919. The zero-order valence-electron chi connectivity index (χ0n) is 13.8. The summed E-state index contributed by atoms with van der Waals surface area (Å²) in [6.45, 7) is 6.91. The standard InChI is InChI=1S/C18H23ClN2O2/c1-4-18(2,3)21-12-17(22)20-11-15-9-10-16(23-15)13-5-7-14(19)8-6-13/h5-10,21H,4,11-12H2,1-3H3,(H,20,22). The molecule has 2 N–H and O–H groups in total. The molecule has 5 heteroatoms. The van der Waals surface area contributed by atoms with Gasteiger partial charge >= 0.3 is 0 Å². The molecule has 1 amide bonds. The average Bonchev–Trinajstić information content (AvgIpc) is 3.01. The van der Waals surface area contributed by atoms with Crippen molar-refractivity contribution in [3.63, 3.8) is 0 Å². The Morgan fingerprint density at radius 3 is 2.52 bits per heavy atom. The fraction of sp³-hybridized carbons (Fsp3) is 0.389. The van der Waals surface area contributed by atoms with Crippen molar-refractivity contribution in [1.29, 1.82) is 0 Å². The Hall–Kier alpha value is -1.78. The van der Waals surface area contributed by atoms with Crippen molar-refractivity contribution in [3.8, 4) is 11.3 Å². The Balaban J connectivity index is 1.85. The molecule has 0 atom stereocenters. The summed E-state index contributed by atoms with van der Waals surface area (Å²) in [6, 6.07) is 11.2. The molecule has 0 saturated heterocycles. The van der Waals surface area contributed by atoms with Gasteiger partial charge in [-0.3, -0.25) is 4.79 Å². The third-order valence-electron chi connectivity index (χ3n) is 3.86. The lowest BCUT2D eigenvalue weighted by atomic mass is 10.0. The summed E-state index contributed by atoms with van der Waals surface area (Å²) in [5, 5.41) is 6.77. The number of carbonyl (C=O) groups excluding carboxylic acids is 1. The van der Waals surface area contributed by atoms with E-state index in [2.05, 4.69) is 31.4 Å². The fourth-order valence-corrected chi connectivity index (χ4v) is 2.06. The number of amides is 1. The molecule has 23 heavy (non-hydrogen) atoms. The van der Waals surface area contributed by atoms with Gasteiger partial charge in [0.1, 0.15) is 11.5 Å². The smallest absolute Gasteiger partial charge is 0.234 e. The molecule has 2 rings (SSSR count). The summed E-state index contributed by atoms with van der Waals surface area (Å²) < 4.78 is 5.75. The molecule has 0 aliphatic rings. The van der Waals surface area contributed by atoms with Crippen LogP contribution in [0.3, 0.4) is 0 Å². The minimum absolute atomic E-state index is 0.0379. The maximum atomic E-state index is 11.9. The predicted octanol–water partition coefficient (Wildman–Crippen LogP) is 3.99. The van der Waals surface area contributed by atoms with E-state index in [4.69, 9.17) is 16.0 Å². The lowest BCUT2D eigenvalue weighted by Crippen LogP contribution is -2.44. The molecule has 1 aromatic heterocycles. The minimum Gasteiger partial charge on any atom is -0.459 e. The van der Waals surface area contributed by atoms with Gasteiger partial charge in [-0.25, -0.2) is 0 Å². The Morgan fingerprint density at radius 1 is 1.17 bits per heavy atom. The van der Waals surface area contributed by atoms with Gasteiger partial charge in [0.25, 0.3) is 0 Å². The van der Waals surface area contributed by atoms with Gasteiger partial charge in [0.15, 0.2) is 0 Å². The van der Waals surface area contributed by atoms with Gasteiger partial charge in [-0.1, -0.05) is 18.5 Å². The first-order chi connectivity index (χ1) is 10.9. The summed E-state index contributed by atoms with van der Waals surface area (Å²) >= 11 is 5.88. The number of hydrogen-bond acceptors (Lipinski definition) is 3. The Bertz CT molecular complexity index is 647. The van der Waals surface area contributed by atoms with Gasteiger partial charge in [-0.15, -0.1) is 0 Å². The van der Waals surface area contributed by atoms with E-state index >= 15 is 0 Å². The number of halogens is 1. The van der Waals surface area contributed by atoms with E-state index in [1.54, 1.807) is 0 Å². The highest BCUT2D eigenvalue weighted by Gasteiger charge is 2.15. The maximum Gasteiger partial charge on any atom is 0.234 e. The largest absolute Gasteiger partial charge is 0.459 e. The van der Waals surface area contributed by atoms with Gasteiger partial charge < -0.3 is 15.1 Å². The van der Waals surface area contributed by atoms with E-state index in [-0.39, 0.29) is 11.4 Å².